The molecule has 0 aliphatic carbocycles. The third-order valence-corrected chi connectivity index (χ3v) is 3.44. The molecule has 0 fully saturated rings. The second kappa shape index (κ2) is 4.38. The first-order valence-corrected chi connectivity index (χ1v) is 5.51. The Morgan fingerprint density at radius 1 is 1.50 bits per heavy atom. The molecule has 0 saturated carbocycles. The lowest BCUT2D eigenvalue weighted by atomic mass is 10.1. The van der Waals surface area contributed by atoms with Gasteiger partial charge in [0.1, 0.15) is 0 Å². The fourth-order valence-corrected chi connectivity index (χ4v) is 2.27. The van der Waals surface area contributed by atoms with Crippen molar-refractivity contribution in [3.63, 3.8) is 0 Å². The van der Waals surface area contributed by atoms with Crippen molar-refractivity contribution in [2.45, 2.75) is 39.4 Å². The standard InChI is InChI=1S/C10H17NO2S/c1-5-8-11-7(6-13-4)9(14-8)10(2,3)12/h12H,5-6H2,1-4H3. The van der Waals surface area contributed by atoms with Crippen LogP contribution in [0.25, 0.3) is 0 Å². The molecule has 0 aromatic carbocycles. The number of aromatic nitrogens is 1. The maximum Gasteiger partial charge on any atom is 0.0951 e. The highest BCUT2D eigenvalue weighted by atomic mass is 32.1. The molecule has 1 aromatic rings. The van der Waals surface area contributed by atoms with Crippen LogP contribution in [-0.4, -0.2) is 17.2 Å². The van der Waals surface area contributed by atoms with Crippen LogP contribution in [0.4, 0.5) is 0 Å². The number of hydrogen-bond acceptors (Lipinski definition) is 4. The fourth-order valence-electron chi connectivity index (χ4n) is 1.26. The zero-order valence-corrected chi connectivity index (χ0v) is 9.94. The Hall–Kier alpha value is -0.450. The van der Waals surface area contributed by atoms with Crippen molar-refractivity contribution in [1.29, 1.82) is 0 Å². The zero-order chi connectivity index (χ0) is 10.8. The molecule has 0 aliphatic heterocycles. The second-order valence-corrected chi connectivity index (χ2v) is 4.81. The van der Waals surface area contributed by atoms with E-state index in [9.17, 15) is 5.11 Å². The van der Waals surface area contributed by atoms with Gasteiger partial charge in [-0.2, -0.15) is 0 Å². The predicted molar refractivity (Wildman–Crippen MR) is 57.4 cm³/mol. The lowest BCUT2D eigenvalue weighted by Crippen LogP contribution is -2.16. The average Bonchev–Trinajstić information content (AvgIpc) is 2.48. The summed E-state index contributed by atoms with van der Waals surface area (Å²) in [5.41, 5.74) is 0.0423. The van der Waals surface area contributed by atoms with Crippen LogP contribution in [0.15, 0.2) is 0 Å². The molecule has 1 aromatic heterocycles. The van der Waals surface area contributed by atoms with Crippen LogP contribution in [0, 0.1) is 0 Å². The summed E-state index contributed by atoms with van der Waals surface area (Å²) in [6.45, 7) is 6.08. The molecule has 0 bridgehead atoms. The molecule has 80 valence electrons. The molecule has 0 radical (unpaired) electrons. The Labute approximate surface area is 88.8 Å². The van der Waals surface area contributed by atoms with Crippen LogP contribution in [0.5, 0.6) is 0 Å². The molecule has 1 heterocycles. The first-order chi connectivity index (χ1) is 6.49. The smallest absolute Gasteiger partial charge is 0.0951 e. The van der Waals surface area contributed by atoms with E-state index in [-0.39, 0.29) is 0 Å². The first-order valence-electron chi connectivity index (χ1n) is 4.69. The SMILES string of the molecule is CCc1nc(COC)c(C(C)(C)O)s1. The van der Waals surface area contributed by atoms with Gasteiger partial charge in [0.25, 0.3) is 0 Å². The molecule has 4 heteroatoms. The number of rotatable bonds is 4. The number of ether oxygens (including phenoxy) is 1. The minimum Gasteiger partial charge on any atom is -0.385 e. The highest BCUT2D eigenvalue weighted by Gasteiger charge is 2.24. The van der Waals surface area contributed by atoms with Crippen LogP contribution in [-0.2, 0) is 23.4 Å². The maximum atomic E-state index is 9.92. The van der Waals surface area contributed by atoms with Gasteiger partial charge in [-0.15, -0.1) is 11.3 Å². The number of thiazole rings is 1. The van der Waals surface area contributed by atoms with E-state index >= 15 is 0 Å². The van der Waals surface area contributed by atoms with Gasteiger partial charge in [0.15, 0.2) is 0 Å². The maximum absolute atomic E-state index is 9.92. The lowest BCUT2D eigenvalue weighted by molar-refractivity contribution is 0.0782. The molecule has 0 aliphatic rings. The van der Waals surface area contributed by atoms with Gasteiger partial charge < -0.3 is 9.84 Å². The molecule has 0 saturated heterocycles. The van der Waals surface area contributed by atoms with Gasteiger partial charge in [-0.1, -0.05) is 6.92 Å². The van der Waals surface area contributed by atoms with Gasteiger partial charge in [0.2, 0.25) is 0 Å². The van der Waals surface area contributed by atoms with E-state index in [1.807, 2.05) is 0 Å². The summed E-state index contributed by atoms with van der Waals surface area (Å²) in [4.78, 5) is 5.33. The lowest BCUT2D eigenvalue weighted by Gasteiger charge is -2.16. The second-order valence-electron chi connectivity index (χ2n) is 3.73. The number of aryl methyl sites for hydroxylation is 1. The van der Waals surface area contributed by atoms with Gasteiger partial charge in [-0.25, -0.2) is 4.98 Å². The van der Waals surface area contributed by atoms with Crippen LogP contribution >= 0.6 is 11.3 Å². The summed E-state index contributed by atoms with van der Waals surface area (Å²) >= 11 is 1.57. The van der Waals surface area contributed by atoms with E-state index in [4.69, 9.17) is 4.74 Å². The van der Waals surface area contributed by atoms with Gasteiger partial charge in [-0.3, -0.25) is 0 Å². The monoisotopic (exact) mass is 215 g/mol. The van der Waals surface area contributed by atoms with Gasteiger partial charge in [0.05, 0.1) is 27.8 Å². The molecule has 0 atom stereocenters. The van der Waals surface area contributed by atoms with E-state index in [2.05, 4.69) is 11.9 Å². The minimum absolute atomic E-state index is 0.468. The predicted octanol–water partition coefficient (Wildman–Crippen LogP) is 2.08. The number of aliphatic hydroxyl groups is 1. The van der Waals surface area contributed by atoms with E-state index in [0.717, 1.165) is 22.0 Å². The highest BCUT2D eigenvalue weighted by molar-refractivity contribution is 7.11. The topological polar surface area (TPSA) is 42.4 Å². The quantitative estimate of drug-likeness (QED) is 0.836. The molecule has 0 amide bonds. The third-order valence-electron chi connectivity index (χ3n) is 1.88. The molecule has 3 nitrogen and oxygen atoms in total. The molecule has 1 rings (SSSR count). The van der Waals surface area contributed by atoms with Crippen LogP contribution < -0.4 is 0 Å². The summed E-state index contributed by atoms with van der Waals surface area (Å²) in [6, 6.07) is 0. The molecule has 0 unspecified atom stereocenters. The Kier molecular flexibility index (Phi) is 3.64. The molecule has 0 spiro atoms. The summed E-state index contributed by atoms with van der Waals surface area (Å²) in [5.74, 6) is 0. The van der Waals surface area contributed by atoms with E-state index in [0.29, 0.717) is 6.61 Å². The Bertz CT molecular complexity index is 302. The van der Waals surface area contributed by atoms with Crippen LogP contribution in [0.3, 0.4) is 0 Å². The van der Waals surface area contributed by atoms with E-state index < -0.39 is 5.60 Å². The fraction of sp³-hybridized carbons (Fsp3) is 0.700. The summed E-state index contributed by atoms with van der Waals surface area (Å²) in [6.07, 6.45) is 0.900. The van der Waals surface area contributed by atoms with E-state index in [1.54, 1.807) is 32.3 Å². The molecular formula is C10H17NO2S. The van der Waals surface area contributed by atoms with Crippen molar-refractivity contribution in [3.8, 4) is 0 Å². The average molecular weight is 215 g/mol. The Morgan fingerprint density at radius 2 is 2.14 bits per heavy atom. The summed E-state index contributed by atoms with van der Waals surface area (Å²) < 4.78 is 5.05. The van der Waals surface area contributed by atoms with Crippen molar-refractivity contribution in [2.75, 3.05) is 7.11 Å². The highest BCUT2D eigenvalue weighted by Crippen LogP contribution is 2.30. The van der Waals surface area contributed by atoms with Crippen molar-refractivity contribution < 1.29 is 9.84 Å². The first kappa shape index (κ1) is 11.6. The molecule has 14 heavy (non-hydrogen) atoms. The number of nitrogens with zero attached hydrogens (tertiary/aromatic N) is 1. The van der Waals surface area contributed by atoms with Crippen molar-refractivity contribution in [3.05, 3.63) is 15.6 Å². The Morgan fingerprint density at radius 3 is 2.57 bits per heavy atom. The minimum atomic E-state index is -0.820. The summed E-state index contributed by atoms with van der Waals surface area (Å²) in [7, 11) is 1.64. The molecule has 1 N–H and O–H groups in total. The van der Waals surface area contributed by atoms with Gasteiger partial charge in [0, 0.05) is 7.11 Å². The third kappa shape index (κ3) is 2.53. The number of hydrogen-bond donors (Lipinski definition) is 1. The van der Waals surface area contributed by atoms with Gasteiger partial charge >= 0.3 is 0 Å². The van der Waals surface area contributed by atoms with Crippen molar-refractivity contribution >= 4 is 11.3 Å². The van der Waals surface area contributed by atoms with Crippen molar-refractivity contribution in [2.24, 2.45) is 0 Å². The van der Waals surface area contributed by atoms with E-state index in [1.165, 1.54) is 0 Å². The summed E-state index contributed by atoms with van der Waals surface area (Å²) in [5, 5.41) is 11.0. The largest absolute Gasteiger partial charge is 0.385 e. The molecular weight excluding hydrogens is 198 g/mol. The van der Waals surface area contributed by atoms with Crippen molar-refractivity contribution in [1.82, 2.24) is 4.98 Å². The van der Waals surface area contributed by atoms with Crippen LogP contribution in [0.1, 0.15) is 36.3 Å². The van der Waals surface area contributed by atoms with Gasteiger partial charge in [-0.05, 0) is 20.3 Å². The zero-order valence-electron chi connectivity index (χ0n) is 9.13. The van der Waals surface area contributed by atoms with Crippen LogP contribution in [0.2, 0.25) is 0 Å². The number of methoxy groups -OCH3 is 1. The normalized spacial score (nSPS) is 12.1. The Balaban J connectivity index is 3.06.